The van der Waals surface area contributed by atoms with Crippen LogP contribution in [0.3, 0.4) is 0 Å². The van der Waals surface area contributed by atoms with Crippen LogP contribution in [0.15, 0.2) is 35.1 Å². The highest BCUT2D eigenvalue weighted by molar-refractivity contribution is 5.90. The molecular formula is C13H13NO. The maximum atomic E-state index is 11.7. The lowest BCUT2D eigenvalue weighted by Crippen LogP contribution is -2.16. The van der Waals surface area contributed by atoms with Crippen LogP contribution < -0.4 is 10.3 Å². The van der Waals surface area contributed by atoms with E-state index >= 15 is 0 Å². The monoisotopic (exact) mass is 199 g/mol. The van der Waals surface area contributed by atoms with Crippen molar-refractivity contribution in [2.24, 2.45) is 0 Å². The maximum absolute atomic E-state index is 11.7. The van der Waals surface area contributed by atoms with Gasteiger partial charge >= 0.3 is 0 Å². The topological polar surface area (TPSA) is 20.3 Å². The van der Waals surface area contributed by atoms with E-state index in [4.69, 9.17) is 0 Å². The molecule has 2 nitrogen and oxygen atoms in total. The molecule has 1 saturated heterocycles. The van der Waals surface area contributed by atoms with Crippen molar-refractivity contribution in [2.75, 3.05) is 18.0 Å². The molecule has 0 radical (unpaired) electrons. The summed E-state index contributed by atoms with van der Waals surface area (Å²) in [5.41, 5.74) is 3.24. The SMILES string of the molecule is O=c1c(-c2ccccc2)c1N1CCCC1. The molecule has 3 rings (SSSR count). The summed E-state index contributed by atoms with van der Waals surface area (Å²) in [6.45, 7) is 2.11. The molecule has 15 heavy (non-hydrogen) atoms. The number of hydrogen-bond donors (Lipinski definition) is 0. The fourth-order valence-electron chi connectivity index (χ4n) is 2.28. The van der Waals surface area contributed by atoms with Crippen LogP contribution in [0.1, 0.15) is 12.8 Å². The average molecular weight is 199 g/mol. The summed E-state index contributed by atoms with van der Waals surface area (Å²) < 4.78 is 0. The highest BCUT2D eigenvalue weighted by atomic mass is 16.1. The zero-order valence-corrected chi connectivity index (χ0v) is 8.57. The van der Waals surface area contributed by atoms with Crippen molar-refractivity contribution in [1.29, 1.82) is 0 Å². The lowest BCUT2D eigenvalue weighted by atomic mass is 10.2. The Balaban J connectivity index is 1.92. The van der Waals surface area contributed by atoms with Gasteiger partial charge in [-0.2, -0.15) is 0 Å². The molecule has 0 N–H and O–H groups in total. The Morgan fingerprint density at radius 3 is 2.33 bits per heavy atom. The number of rotatable bonds is 2. The van der Waals surface area contributed by atoms with Gasteiger partial charge in [0.25, 0.3) is 0 Å². The first-order valence-electron chi connectivity index (χ1n) is 5.47. The van der Waals surface area contributed by atoms with E-state index in [1.165, 1.54) is 12.8 Å². The van der Waals surface area contributed by atoms with Gasteiger partial charge in [-0.25, -0.2) is 0 Å². The Hall–Kier alpha value is -1.57. The molecule has 0 spiro atoms. The molecule has 1 aliphatic heterocycles. The minimum Gasteiger partial charge on any atom is -0.368 e. The minimum atomic E-state index is 0.253. The summed E-state index contributed by atoms with van der Waals surface area (Å²) in [5, 5.41) is 0. The first kappa shape index (κ1) is 8.72. The Morgan fingerprint density at radius 2 is 1.67 bits per heavy atom. The van der Waals surface area contributed by atoms with Gasteiger partial charge < -0.3 is 4.90 Å². The van der Waals surface area contributed by atoms with Crippen molar-refractivity contribution >= 4 is 5.69 Å². The second-order valence-corrected chi connectivity index (χ2v) is 4.11. The molecule has 2 aromatic carbocycles. The van der Waals surface area contributed by atoms with Gasteiger partial charge in [-0.3, -0.25) is 4.79 Å². The van der Waals surface area contributed by atoms with Gasteiger partial charge in [-0.15, -0.1) is 0 Å². The standard InChI is InChI=1S/C13H13NO/c15-13-11(10-6-2-1-3-7-10)12(13)14-8-4-5-9-14/h1-3,6-7H,4-5,8-9H2. The van der Waals surface area contributed by atoms with Crippen LogP contribution in [0, 0.1) is 0 Å². The van der Waals surface area contributed by atoms with E-state index in [1.54, 1.807) is 0 Å². The van der Waals surface area contributed by atoms with Gasteiger partial charge in [0.2, 0.25) is 5.43 Å². The molecule has 0 aliphatic carbocycles. The normalized spacial score (nSPS) is 16.4. The largest absolute Gasteiger partial charge is 0.368 e. The molecule has 76 valence electrons. The quantitative estimate of drug-likeness (QED) is 0.739. The van der Waals surface area contributed by atoms with E-state index in [2.05, 4.69) is 4.90 Å². The number of anilines is 1. The average Bonchev–Trinajstić information content (AvgIpc) is 2.74. The van der Waals surface area contributed by atoms with Crippen LogP contribution in [0.5, 0.6) is 0 Å². The molecule has 0 atom stereocenters. The second-order valence-electron chi connectivity index (χ2n) is 4.11. The van der Waals surface area contributed by atoms with E-state index in [9.17, 15) is 4.79 Å². The van der Waals surface area contributed by atoms with Crippen LogP contribution in [-0.2, 0) is 0 Å². The highest BCUT2D eigenvalue weighted by Crippen LogP contribution is 2.34. The van der Waals surface area contributed by atoms with Gasteiger partial charge in [-0.1, -0.05) is 30.3 Å². The molecule has 2 aromatic rings. The van der Waals surface area contributed by atoms with E-state index in [1.807, 2.05) is 30.3 Å². The zero-order valence-electron chi connectivity index (χ0n) is 8.57. The van der Waals surface area contributed by atoms with Crippen molar-refractivity contribution < 1.29 is 0 Å². The Bertz CT molecular complexity index is 473. The molecular weight excluding hydrogens is 186 g/mol. The number of hydrogen-bond acceptors (Lipinski definition) is 2. The van der Waals surface area contributed by atoms with Gasteiger partial charge in [0.05, 0.1) is 11.3 Å². The molecule has 1 fully saturated rings. The molecule has 0 unspecified atom stereocenters. The lowest BCUT2D eigenvalue weighted by molar-refractivity contribution is 0.949. The van der Waals surface area contributed by atoms with Crippen LogP contribution in [0.25, 0.3) is 11.1 Å². The predicted octanol–water partition coefficient (Wildman–Crippen LogP) is 2.19. The maximum Gasteiger partial charge on any atom is 0.212 e. The second kappa shape index (κ2) is 3.23. The third-order valence-corrected chi connectivity index (χ3v) is 3.10. The van der Waals surface area contributed by atoms with E-state index in [-0.39, 0.29) is 5.43 Å². The molecule has 2 heteroatoms. The fourth-order valence-corrected chi connectivity index (χ4v) is 2.28. The molecule has 1 heterocycles. The number of benzene rings is 1. The number of nitrogens with zero attached hydrogens (tertiary/aromatic N) is 1. The van der Waals surface area contributed by atoms with Crippen molar-refractivity contribution in [2.45, 2.75) is 12.8 Å². The van der Waals surface area contributed by atoms with Crippen LogP contribution in [-0.4, -0.2) is 13.1 Å². The Morgan fingerprint density at radius 1 is 1.00 bits per heavy atom. The van der Waals surface area contributed by atoms with E-state index < -0.39 is 0 Å². The first-order valence-corrected chi connectivity index (χ1v) is 5.47. The molecule has 0 aromatic heterocycles. The van der Waals surface area contributed by atoms with Gasteiger partial charge in [0, 0.05) is 13.1 Å². The molecule has 0 amide bonds. The summed E-state index contributed by atoms with van der Waals surface area (Å²) >= 11 is 0. The lowest BCUT2D eigenvalue weighted by Gasteiger charge is -2.10. The van der Waals surface area contributed by atoms with Crippen molar-refractivity contribution in [3.8, 4) is 11.1 Å². The molecule has 0 bridgehead atoms. The van der Waals surface area contributed by atoms with E-state index in [0.29, 0.717) is 0 Å². The first-order chi connectivity index (χ1) is 7.38. The van der Waals surface area contributed by atoms with Crippen LogP contribution in [0.4, 0.5) is 5.69 Å². The molecule has 1 aliphatic rings. The molecule has 0 saturated carbocycles. The summed E-state index contributed by atoms with van der Waals surface area (Å²) in [4.78, 5) is 13.9. The van der Waals surface area contributed by atoms with Crippen LogP contribution in [0.2, 0.25) is 0 Å². The van der Waals surface area contributed by atoms with Gasteiger partial charge in [0.15, 0.2) is 0 Å². The smallest absolute Gasteiger partial charge is 0.212 e. The van der Waals surface area contributed by atoms with E-state index in [0.717, 1.165) is 29.9 Å². The van der Waals surface area contributed by atoms with Crippen molar-refractivity contribution in [1.82, 2.24) is 0 Å². The summed E-state index contributed by atoms with van der Waals surface area (Å²) in [6, 6.07) is 9.96. The van der Waals surface area contributed by atoms with Crippen molar-refractivity contribution in [3.63, 3.8) is 0 Å². The Kier molecular flexibility index (Phi) is 1.88. The predicted molar refractivity (Wildman–Crippen MR) is 62.0 cm³/mol. The third-order valence-electron chi connectivity index (χ3n) is 3.10. The highest BCUT2D eigenvalue weighted by Gasteiger charge is 2.30. The summed E-state index contributed by atoms with van der Waals surface area (Å²) in [5.74, 6) is 0. The van der Waals surface area contributed by atoms with Gasteiger partial charge in [-0.05, 0) is 18.4 Å². The van der Waals surface area contributed by atoms with Gasteiger partial charge in [0.1, 0.15) is 0 Å². The summed E-state index contributed by atoms with van der Waals surface area (Å²) in [6.07, 6.45) is 2.44. The Labute approximate surface area is 88.8 Å². The third kappa shape index (κ3) is 1.37. The fraction of sp³-hybridized carbons (Fsp3) is 0.308. The zero-order chi connectivity index (χ0) is 10.3. The minimum absolute atomic E-state index is 0.253. The van der Waals surface area contributed by atoms with Crippen LogP contribution >= 0.6 is 0 Å². The van der Waals surface area contributed by atoms with Crippen molar-refractivity contribution in [3.05, 3.63) is 40.6 Å². The summed E-state index contributed by atoms with van der Waals surface area (Å²) in [7, 11) is 0.